The molecule has 0 unspecified atom stereocenters. The lowest BCUT2D eigenvalue weighted by Crippen LogP contribution is -2.43. The van der Waals surface area contributed by atoms with Crippen molar-refractivity contribution >= 4 is 43.2 Å². The highest BCUT2D eigenvalue weighted by atomic mass is 32.2. The Morgan fingerprint density at radius 3 is 2.45 bits per heavy atom. The van der Waals surface area contributed by atoms with Crippen molar-refractivity contribution in [1.29, 1.82) is 0 Å². The summed E-state index contributed by atoms with van der Waals surface area (Å²) in [6, 6.07) is 9.99. The third-order valence-corrected chi connectivity index (χ3v) is 7.40. The Labute approximate surface area is 184 Å². The highest BCUT2D eigenvalue weighted by Crippen LogP contribution is 2.24. The van der Waals surface area contributed by atoms with Crippen molar-refractivity contribution in [2.45, 2.75) is 25.3 Å². The van der Waals surface area contributed by atoms with Crippen molar-refractivity contribution in [3.8, 4) is 0 Å². The Hall–Kier alpha value is -2.69. The second-order valence-corrected chi connectivity index (χ2v) is 10.2. The fourth-order valence-electron chi connectivity index (χ4n) is 3.66. The number of nitrogens with one attached hydrogen (secondary N) is 1. The molecule has 2 aromatic carbocycles. The number of amides is 1. The average molecular weight is 462 g/mol. The second-order valence-electron chi connectivity index (χ2n) is 7.56. The molecule has 1 aliphatic rings. The number of thiazole rings is 1. The van der Waals surface area contributed by atoms with Gasteiger partial charge >= 0.3 is 4.87 Å². The largest absolute Gasteiger partial charge is 0.378 e. The van der Waals surface area contributed by atoms with E-state index in [4.69, 9.17) is 4.74 Å². The molecule has 1 fully saturated rings. The fraction of sp³-hybridized carbons (Fsp3) is 0.333. The van der Waals surface area contributed by atoms with Crippen LogP contribution in [0.5, 0.6) is 0 Å². The molecular formula is C21H23N3O5S2. The molecule has 3 aromatic rings. The number of sulfonamides is 1. The van der Waals surface area contributed by atoms with Gasteiger partial charge in [0, 0.05) is 18.8 Å². The molecule has 0 aliphatic carbocycles. The van der Waals surface area contributed by atoms with Gasteiger partial charge in [-0.25, -0.2) is 8.42 Å². The average Bonchev–Trinajstić information content (AvgIpc) is 3.02. The first-order valence-electron chi connectivity index (χ1n) is 9.83. The summed E-state index contributed by atoms with van der Waals surface area (Å²) in [6.45, 7) is 5.69. The first kappa shape index (κ1) is 21.5. The van der Waals surface area contributed by atoms with E-state index in [-0.39, 0.29) is 22.2 Å². The SMILES string of the molecule is Cc1cc(C)cc(NS(=O)(=O)c2ccc3c(c2)sc(=O)n3CC(=O)N2CCOCC2)c1. The van der Waals surface area contributed by atoms with Gasteiger partial charge in [-0.15, -0.1) is 0 Å². The van der Waals surface area contributed by atoms with E-state index in [1.165, 1.54) is 16.7 Å². The summed E-state index contributed by atoms with van der Waals surface area (Å²) in [7, 11) is -3.83. The molecule has 0 spiro atoms. The predicted molar refractivity (Wildman–Crippen MR) is 120 cm³/mol. The van der Waals surface area contributed by atoms with Crippen LogP contribution in [0.4, 0.5) is 5.69 Å². The van der Waals surface area contributed by atoms with Crippen LogP contribution in [0.1, 0.15) is 11.1 Å². The van der Waals surface area contributed by atoms with E-state index in [1.54, 1.807) is 23.1 Å². The molecule has 1 N–H and O–H groups in total. The van der Waals surface area contributed by atoms with Crippen LogP contribution in [-0.4, -0.2) is 50.1 Å². The van der Waals surface area contributed by atoms with E-state index < -0.39 is 10.0 Å². The number of aromatic nitrogens is 1. The number of hydrogen-bond donors (Lipinski definition) is 1. The molecule has 164 valence electrons. The maximum atomic E-state index is 12.9. The summed E-state index contributed by atoms with van der Waals surface area (Å²) in [5, 5.41) is 0. The molecule has 0 saturated carbocycles. The van der Waals surface area contributed by atoms with Crippen molar-refractivity contribution in [3.63, 3.8) is 0 Å². The van der Waals surface area contributed by atoms with Crippen LogP contribution < -0.4 is 9.60 Å². The molecule has 0 radical (unpaired) electrons. The van der Waals surface area contributed by atoms with Crippen molar-refractivity contribution in [2.24, 2.45) is 0 Å². The number of benzene rings is 2. The summed E-state index contributed by atoms with van der Waals surface area (Å²) in [5.41, 5.74) is 2.93. The van der Waals surface area contributed by atoms with Crippen LogP contribution in [-0.2, 0) is 26.1 Å². The molecule has 1 amide bonds. The highest BCUT2D eigenvalue weighted by Gasteiger charge is 2.21. The van der Waals surface area contributed by atoms with E-state index in [0.29, 0.717) is 42.2 Å². The molecule has 2 heterocycles. The number of carbonyl (C=O) groups is 1. The maximum Gasteiger partial charge on any atom is 0.308 e. The lowest BCUT2D eigenvalue weighted by molar-refractivity contribution is -0.135. The van der Waals surface area contributed by atoms with Crippen molar-refractivity contribution in [2.75, 3.05) is 31.0 Å². The lowest BCUT2D eigenvalue weighted by atomic mass is 10.1. The van der Waals surface area contributed by atoms with Gasteiger partial charge in [0.1, 0.15) is 6.54 Å². The maximum absolute atomic E-state index is 12.9. The van der Waals surface area contributed by atoms with Gasteiger partial charge in [0.05, 0.1) is 28.3 Å². The standard InChI is InChI=1S/C21H23N3O5S2/c1-14-9-15(2)11-16(10-14)22-31(27,28)17-3-4-18-19(12-17)30-21(26)24(18)13-20(25)23-5-7-29-8-6-23/h3-4,9-12,22H,5-8,13H2,1-2H3. The number of nitrogens with zero attached hydrogens (tertiary/aromatic N) is 2. The minimum absolute atomic E-state index is 0.0621. The number of ether oxygens (including phenoxy) is 1. The topological polar surface area (TPSA) is 97.7 Å². The van der Waals surface area contributed by atoms with Crippen LogP contribution in [0.15, 0.2) is 46.1 Å². The van der Waals surface area contributed by atoms with Gasteiger partial charge in [0.15, 0.2) is 0 Å². The van der Waals surface area contributed by atoms with E-state index in [2.05, 4.69) is 4.72 Å². The van der Waals surface area contributed by atoms with E-state index in [9.17, 15) is 18.0 Å². The molecule has 10 heteroatoms. The molecule has 0 atom stereocenters. The van der Waals surface area contributed by atoms with Gasteiger partial charge in [0.25, 0.3) is 10.0 Å². The molecule has 1 aliphatic heterocycles. The number of fused-ring (bicyclic) bond motifs is 1. The van der Waals surface area contributed by atoms with Gasteiger partial charge in [-0.3, -0.25) is 18.9 Å². The molecule has 8 nitrogen and oxygen atoms in total. The van der Waals surface area contributed by atoms with Gasteiger partial charge in [0.2, 0.25) is 5.91 Å². The molecule has 1 aromatic heterocycles. The number of morpholine rings is 1. The summed E-state index contributed by atoms with van der Waals surface area (Å²) in [6.07, 6.45) is 0. The third kappa shape index (κ3) is 4.65. The first-order valence-corrected chi connectivity index (χ1v) is 12.1. The number of aryl methyl sites for hydroxylation is 2. The Kier molecular flexibility index (Phi) is 5.87. The van der Waals surface area contributed by atoms with Gasteiger partial charge < -0.3 is 9.64 Å². The van der Waals surface area contributed by atoms with E-state index in [0.717, 1.165) is 22.5 Å². The Morgan fingerprint density at radius 2 is 1.77 bits per heavy atom. The summed E-state index contributed by atoms with van der Waals surface area (Å²) >= 11 is 0.929. The van der Waals surface area contributed by atoms with Gasteiger partial charge in [-0.05, 0) is 55.3 Å². The van der Waals surface area contributed by atoms with Crippen LogP contribution in [0.2, 0.25) is 0 Å². The van der Waals surface area contributed by atoms with Gasteiger partial charge in [-0.1, -0.05) is 17.4 Å². The van der Waals surface area contributed by atoms with Crippen molar-refractivity contribution in [1.82, 2.24) is 9.47 Å². The predicted octanol–water partition coefficient (Wildman–Crippen LogP) is 2.34. The zero-order valence-electron chi connectivity index (χ0n) is 17.3. The lowest BCUT2D eigenvalue weighted by Gasteiger charge is -2.26. The van der Waals surface area contributed by atoms with Crippen LogP contribution in [0.25, 0.3) is 10.2 Å². The summed E-state index contributed by atoms with van der Waals surface area (Å²) in [4.78, 5) is 26.5. The zero-order valence-corrected chi connectivity index (χ0v) is 18.9. The van der Waals surface area contributed by atoms with Crippen molar-refractivity contribution < 1.29 is 17.9 Å². The zero-order chi connectivity index (χ0) is 22.2. The first-order chi connectivity index (χ1) is 14.7. The molecule has 0 bridgehead atoms. The van der Waals surface area contributed by atoms with Crippen LogP contribution in [0.3, 0.4) is 0 Å². The number of hydrogen-bond acceptors (Lipinski definition) is 6. The van der Waals surface area contributed by atoms with E-state index >= 15 is 0 Å². The molecular weight excluding hydrogens is 438 g/mol. The van der Waals surface area contributed by atoms with Gasteiger partial charge in [-0.2, -0.15) is 0 Å². The third-order valence-electron chi connectivity index (χ3n) is 5.08. The minimum Gasteiger partial charge on any atom is -0.378 e. The van der Waals surface area contributed by atoms with Crippen LogP contribution in [0, 0.1) is 13.8 Å². The quantitative estimate of drug-likeness (QED) is 0.629. The number of anilines is 1. The fourth-order valence-corrected chi connectivity index (χ4v) is 5.73. The second kappa shape index (κ2) is 8.45. The molecule has 1 saturated heterocycles. The number of carbonyl (C=O) groups excluding carboxylic acids is 1. The molecule has 31 heavy (non-hydrogen) atoms. The normalized spacial score (nSPS) is 14.7. The minimum atomic E-state index is -3.83. The molecule has 4 rings (SSSR count). The van der Waals surface area contributed by atoms with E-state index in [1.807, 2.05) is 19.9 Å². The summed E-state index contributed by atoms with van der Waals surface area (Å²) in [5.74, 6) is -0.154. The van der Waals surface area contributed by atoms with Crippen molar-refractivity contribution in [3.05, 3.63) is 57.2 Å². The monoisotopic (exact) mass is 461 g/mol. The smallest absolute Gasteiger partial charge is 0.308 e. The Morgan fingerprint density at radius 1 is 1.10 bits per heavy atom. The van der Waals surface area contributed by atoms with Crippen LogP contribution >= 0.6 is 11.3 Å². The summed E-state index contributed by atoms with van der Waals surface area (Å²) < 4.78 is 35.5. The highest BCUT2D eigenvalue weighted by molar-refractivity contribution is 7.92. The Bertz CT molecular complexity index is 1280. The Balaban J connectivity index is 1.61. The number of rotatable bonds is 5.